The Balaban J connectivity index is 1.72. The van der Waals surface area contributed by atoms with E-state index in [-0.39, 0.29) is 12.7 Å². The molecular formula is C19H19NO3. The summed E-state index contributed by atoms with van der Waals surface area (Å²) < 4.78 is 10.6. The number of rotatable bonds is 3. The van der Waals surface area contributed by atoms with Crippen LogP contribution in [-0.4, -0.2) is 12.7 Å². The van der Waals surface area contributed by atoms with Crippen LogP contribution in [0.25, 0.3) is 6.08 Å². The van der Waals surface area contributed by atoms with Crippen LogP contribution in [0.4, 0.5) is 5.69 Å². The molecule has 0 aliphatic carbocycles. The summed E-state index contributed by atoms with van der Waals surface area (Å²) in [5.41, 5.74) is 5.08. The summed E-state index contributed by atoms with van der Waals surface area (Å²) in [7, 11) is 0. The molecule has 4 nitrogen and oxygen atoms in total. The van der Waals surface area contributed by atoms with Crippen molar-refractivity contribution in [2.75, 3.05) is 12.1 Å². The van der Waals surface area contributed by atoms with E-state index in [0.29, 0.717) is 5.75 Å². The minimum absolute atomic E-state index is 0.155. The van der Waals surface area contributed by atoms with Crippen LogP contribution in [0.15, 0.2) is 36.4 Å². The first-order valence-electron chi connectivity index (χ1n) is 7.49. The molecule has 3 rings (SSSR count). The van der Waals surface area contributed by atoms with E-state index in [1.54, 1.807) is 6.08 Å². The number of carbonyl (C=O) groups excluding carboxylic acids is 1. The lowest BCUT2D eigenvalue weighted by Gasteiger charge is -2.11. The molecule has 1 heterocycles. The zero-order valence-corrected chi connectivity index (χ0v) is 13.5. The minimum atomic E-state index is -0.155. The van der Waals surface area contributed by atoms with Gasteiger partial charge in [-0.2, -0.15) is 0 Å². The molecule has 0 unspecified atom stereocenters. The molecule has 23 heavy (non-hydrogen) atoms. The Morgan fingerprint density at radius 2 is 1.74 bits per heavy atom. The second-order valence-electron chi connectivity index (χ2n) is 5.71. The highest BCUT2D eigenvalue weighted by Crippen LogP contribution is 2.32. The largest absolute Gasteiger partial charge is 0.454 e. The fraction of sp³-hybridized carbons (Fsp3) is 0.211. The lowest BCUT2D eigenvalue weighted by molar-refractivity contribution is -0.111. The molecular weight excluding hydrogens is 290 g/mol. The molecule has 1 N–H and O–H groups in total. The third kappa shape index (κ3) is 3.37. The molecule has 0 radical (unpaired) electrons. The van der Waals surface area contributed by atoms with Gasteiger partial charge in [-0.1, -0.05) is 23.8 Å². The normalized spacial score (nSPS) is 12.7. The Morgan fingerprint density at radius 3 is 2.48 bits per heavy atom. The van der Waals surface area contributed by atoms with Crippen LogP contribution in [0.2, 0.25) is 0 Å². The van der Waals surface area contributed by atoms with Gasteiger partial charge in [0.1, 0.15) is 0 Å². The lowest BCUT2D eigenvalue weighted by atomic mass is 10.1. The van der Waals surface area contributed by atoms with E-state index in [0.717, 1.165) is 28.1 Å². The van der Waals surface area contributed by atoms with Gasteiger partial charge < -0.3 is 14.8 Å². The summed E-state index contributed by atoms with van der Waals surface area (Å²) in [6.45, 7) is 6.29. The first-order chi connectivity index (χ1) is 11.0. The number of ether oxygens (including phenoxy) is 2. The highest BCUT2D eigenvalue weighted by Gasteiger charge is 2.12. The summed E-state index contributed by atoms with van der Waals surface area (Å²) in [6.07, 6.45) is 3.28. The molecule has 0 aromatic heterocycles. The Morgan fingerprint density at radius 1 is 1.04 bits per heavy atom. The fourth-order valence-electron chi connectivity index (χ4n) is 2.73. The van der Waals surface area contributed by atoms with E-state index in [1.807, 2.05) is 39.0 Å². The Bertz CT molecular complexity index is 770. The minimum Gasteiger partial charge on any atom is -0.454 e. The topological polar surface area (TPSA) is 47.6 Å². The van der Waals surface area contributed by atoms with Gasteiger partial charge in [-0.15, -0.1) is 0 Å². The van der Waals surface area contributed by atoms with Crippen molar-refractivity contribution in [3.05, 3.63) is 58.7 Å². The molecule has 0 saturated heterocycles. The lowest BCUT2D eigenvalue weighted by Crippen LogP contribution is -2.10. The molecule has 0 fully saturated rings. The number of benzene rings is 2. The van der Waals surface area contributed by atoms with Gasteiger partial charge in [0.15, 0.2) is 11.5 Å². The number of anilines is 1. The van der Waals surface area contributed by atoms with Crippen LogP contribution in [0.3, 0.4) is 0 Å². The highest BCUT2D eigenvalue weighted by atomic mass is 16.7. The standard InChI is InChI=1S/C19H19NO3/c1-12-8-13(2)19(14(3)9-12)20-18(21)7-5-15-4-6-16-17(10-15)23-11-22-16/h4-10H,11H2,1-3H3,(H,20,21)/b7-5+. The van der Waals surface area contributed by atoms with Gasteiger partial charge in [-0.25, -0.2) is 0 Å². The average molecular weight is 309 g/mol. The van der Waals surface area contributed by atoms with Crippen LogP contribution in [0, 0.1) is 20.8 Å². The number of fused-ring (bicyclic) bond motifs is 1. The van der Waals surface area contributed by atoms with Gasteiger partial charge in [0.25, 0.3) is 0 Å². The highest BCUT2D eigenvalue weighted by molar-refractivity contribution is 6.02. The maximum atomic E-state index is 12.2. The van der Waals surface area contributed by atoms with Gasteiger partial charge in [-0.3, -0.25) is 4.79 Å². The Labute approximate surface area is 135 Å². The first-order valence-corrected chi connectivity index (χ1v) is 7.49. The molecule has 0 spiro atoms. The Hall–Kier alpha value is -2.75. The molecule has 0 atom stereocenters. The van der Waals surface area contributed by atoms with E-state index in [4.69, 9.17) is 9.47 Å². The van der Waals surface area contributed by atoms with Crippen molar-refractivity contribution in [3.63, 3.8) is 0 Å². The SMILES string of the molecule is Cc1cc(C)c(NC(=O)/C=C/c2ccc3c(c2)OCO3)c(C)c1. The summed E-state index contributed by atoms with van der Waals surface area (Å²) >= 11 is 0. The summed E-state index contributed by atoms with van der Waals surface area (Å²) in [4.78, 5) is 12.2. The maximum Gasteiger partial charge on any atom is 0.248 e. The van der Waals surface area contributed by atoms with E-state index in [9.17, 15) is 4.79 Å². The predicted molar refractivity (Wildman–Crippen MR) is 90.9 cm³/mol. The van der Waals surface area contributed by atoms with Crippen molar-refractivity contribution >= 4 is 17.7 Å². The predicted octanol–water partition coefficient (Wildman–Crippen LogP) is 3.99. The number of hydrogen-bond acceptors (Lipinski definition) is 3. The molecule has 1 amide bonds. The van der Waals surface area contributed by atoms with Gasteiger partial charge in [0.2, 0.25) is 12.7 Å². The maximum absolute atomic E-state index is 12.2. The average Bonchev–Trinajstić information content (AvgIpc) is 2.96. The monoisotopic (exact) mass is 309 g/mol. The quantitative estimate of drug-likeness (QED) is 0.872. The number of carbonyl (C=O) groups is 1. The first kappa shape index (κ1) is 15.2. The zero-order valence-electron chi connectivity index (χ0n) is 13.5. The summed E-state index contributed by atoms with van der Waals surface area (Å²) in [6, 6.07) is 9.71. The van der Waals surface area contributed by atoms with E-state index in [2.05, 4.69) is 17.4 Å². The van der Waals surface area contributed by atoms with E-state index >= 15 is 0 Å². The number of nitrogens with one attached hydrogen (secondary N) is 1. The van der Waals surface area contributed by atoms with Crippen molar-refractivity contribution in [1.82, 2.24) is 0 Å². The number of aryl methyl sites for hydroxylation is 3. The molecule has 1 aliphatic rings. The fourth-order valence-corrected chi connectivity index (χ4v) is 2.73. The molecule has 0 bridgehead atoms. The smallest absolute Gasteiger partial charge is 0.248 e. The van der Waals surface area contributed by atoms with Crippen molar-refractivity contribution < 1.29 is 14.3 Å². The van der Waals surface area contributed by atoms with Crippen LogP contribution in [0.5, 0.6) is 11.5 Å². The van der Waals surface area contributed by atoms with Crippen LogP contribution < -0.4 is 14.8 Å². The number of hydrogen-bond donors (Lipinski definition) is 1. The second kappa shape index (κ2) is 6.16. The van der Waals surface area contributed by atoms with Crippen molar-refractivity contribution in [2.45, 2.75) is 20.8 Å². The third-order valence-electron chi connectivity index (χ3n) is 3.75. The molecule has 2 aromatic carbocycles. The summed E-state index contributed by atoms with van der Waals surface area (Å²) in [5.74, 6) is 1.29. The molecule has 0 saturated carbocycles. The van der Waals surface area contributed by atoms with E-state index < -0.39 is 0 Å². The van der Waals surface area contributed by atoms with Crippen molar-refractivity contribution in [1.29, 1.82) is 0 Å². The van der Waals surface area contributed by atoms with Gasteiger partial charge in [0.05, 0.1) is 0 Å². The van der Waals surface area contributed by atoms with Crippen molar-refractivity contribution in [2.24, 2.45) is 0 Å². The molecule has 118 valence electrons. The second-order valence-corrected chi connectivity index (χ2v) is 5.71. The number of amides is 1. The Kier molecular flexibility index (Phi) is 4.06. The van der Waals surface area contributed by atoms with Gasteiger partial charge in [0, 0.05) is 11.8 Å². The van der Waals surface area contributed by atoms with Gasteiger partial charge >= 0.3 is 0 Å². The van der Waals surface area contributed by atoms with Crippen LogP contribution in [-0.2, 0) is 4.79 Å². The molecule has 2 aromatic rings. The van der Waals surface area contributed by atoms with E-state index in [1.165, 1.54) is 11.6 Å². The third-order valence-corrected chi connectivity index (χ3v) is 3.75. The van der Waals surface area contributed by atoms with Gasteiger partial charge in [-0.05, 0) is 55.7 Å². The summed E-state index contributed by atoms with van der Waals surface area (Å²) in [5, 5.41) is 2.95. The molecule has 1 aliphatic heterocycles. The molecule has 4 heteroatoms. The van der Waals surface area contributed by atoms with Crippen LogP contribution in [0.1, 0.15) is 22.3 Å². The zero-order chi connectivity index (χ0) is 16.4. The van der Waals surface area contributed by atoms with Crippen LogP contribution >= 0.6 is 0 Å². The van der Waals surface area contributed by atoms with Crippen molar-refractivity contribution in [3.8, 4) is 11.5 Å².